The maximum absolute atomic E-state index is 14.2. The smallest absolute Gasteiger partial charge is 0.339 e. The van der Waals surface area contributed by atoms with Crippen LogP contribution < -0.4 is 4.90 Å². The van der Waals surface area contributed by atoms with E-state index >= 15 is 0 Å². The number of piperazine rings is 1. The van der Waals surface area contributed by atoms with E-state index in [1.54, 1.807) is 41.2 Å². The standard InChI is InChI=1S/C21H20F4N4/c22-18-6-1-2-7-19(18)29-9-8-26-20(29)28-12-10-27(11-13-28)15-16-4-3-5-17(14-16)21(23,24)25/h1-9,14H,10-13,15H2. The van der Waals surface area contributed by atoms with Gasteiger partial charge in [0.05, 0.1) is 11.3 Å². The second kappa shape index (κ2) is 7.87. The Bertz CT molecular complexity index is 975. The average molecular weight is 404 g/mol. The van der Waals surface area contributed by atoms with Crippen LogP contribution >= 0.6 is 0 Å². The second-order valence-corrected chi connectivity index (χ2v) is 7.01. The summed E-state index contributed by atoms with van der Waals surface area (Å²) in [5.74, 6) is 0.337. The molecule has 1 fully saturated rings. The van der Waals surface area contributed by atoms with Gasteiger partial charge in [0.2, 0.25) is 5.95 Å². The molecule has 152 valence electrons. The molecule has 4 rings (SSSR count). The van der Waals surface area contributed by atoms with Gasteiger partial charge >= 0.3 is 6.18 Å². The molecular formula is C21H20F4N4. The first-order valence-corrected chi connectivity index (χ1v) is 9.33. The van der Waals surface area contributed by atoms with Crippen LogP contribution in [0.1, 0.15) is 11.1 Å². The highest BCUT2D eigenvalue weighted by Crippen LogP contribution is 2.30. The van der Waals surface area contributed by atoms with Crippen LogP contribution in [0.5, 0.6) is 0 Å². The molecule has 1 aromatic heterocycles. The molecule has 0 atom stereocenters. The fourth-order valence-corrected chi connectivity index (χ4v) is 3.57. The molecule has 4 nitrogen and oxygen atoms in total. The Kier molecular flexibility index (Phi) is 5.27. The molecule has 1 aliphatic heterocycles. The highest BCUT2D eigenvalue weighted by atomic mass is 19.4. The van der Waals surface area contributed by atoms with Crippen molar-refractivity contribution < 1.29 is 17.6 Å². The van der Waals surface area contributed by atoms with Gasteiger partial charge in [0.15, 0.2) is 0 Å². The lowest BCUT2D eigenvalue weighted by Gasteiger charge is -2.35. The summed E-state index contributed by atoms with van der Waals surface area (Å²) in [6, 6.07) is 12.0. The van der Waals surface area contributed by atoms with Gasteiger partial charge in [-0.1, -0.05) is 30.3 Å². The lowest BCUT2D eigenvalue weighted by molar-refractivity contribution is -0.137. The SMILES string of the molecule is Fc1ccccc1-n1ccnc1N1CCN(Cc2cccc(C(F)(F)F)c2)CC1. The first-order valence-electron chi connectivity index (χ1n) is 9.33. The van der Waals surface area contributed by atoms with Gasteiger partial charge in [0.1, 0.15) is 5.82 Å². The Morgan fingerprint density at radius 1 is 0.931 bits per heavy atom. The van der Waals surface area contributed by atoms with Crippen molar-refractivity contribution in [2.24, 2.45) is 0 Å². The van der Waals surface area contributed by atoms with Gasteiger partial charge < -0.3 is 4.90 Å². The largest absolute Gasteiger partial charge is 0.416 e. The number of halogens is 4. The molecule has 1 saturated heterocycles. The molecule has 8 heteroatoms. The third-order valence-electron chi connectivity index (χ3n) is 5.05. The van der Waals surface area contributed by atoms with E-state index < -0.39 is 11.7 Å². The number of hydrogen-bond acceptors (Lipinski definition) is 3. The van der Waals surface area contributed by atoms with Crippen molar-refractivity contribution in [3.05, 3.63) is 77.9 Å². The molecule has 0 unspecified atom stereocenters. The molecule has 1 aliphatic rings. The molecule has 0 aliphatic carbocycles. The van der Waals surface area contributed by atoms with Gasteiger partial charge in [-0.3, -0.25) is 9.47 Å². The normalized spacial score (nSPS) is 15.7. The third kappa shape index (κ3) is 4.27. The number of hydrogen-bond donors (Lipinski definition) is 0. The molecule has 0 radical (unpaired) electrons. The quantitative estimate of drug-likeness (QED) is 0.605. The Morgan fingerprint density at radius 2 is 1.69 bits per heavy atom. The van der Waals surface area contributed by atoms with Crippen LogP contribution in [0.3, 0.4) is 0 Å². The van der Waals surface area contributed by atoms with E-state index in [-0.39, 0.29) is 5.82 Å². The van der Waals surface area contributed by atoms with Crippen LogP contribution in [-0.2, 0) is 12.7 Å². The summed E-state index contributed by atoms with van der Waals surface area (Å²) in [5, 5.41) is 0. The number of imidazole rings is 1. The number of aromatic nitrogens is 2. The summed E-state index contributed by atoms with van der Waals surface area (Å²) in [7, 11) is 0. The highest BCUT2D eigenvalue weighted by Gasteiger charge is 2.30. The number of nitrogens with zero attached hydrogens (tertiary/aromatic N) is 4. The first-order chi connectivity index (χ1) is 13.9. The van der Waals surface area contributed by atoms with Crippen LogP contribution in [0.2, 0.25) is 0 Å². The number of rotatable bonds is 4. The summed E-state index contributed by atoms with van der Waals surface area (Å²) >= 11 is 0. The molecule has 29 heavy (non-hydrogen) atoms. The van der Waals surface area contributed by atoms with Crippen molar-refractivity contribution in [3.8, 4) is 5.69 Å². The molecule has 2 aromatic carbocycles. The van der Waals surface area contributed by atoms with E-state index in [1.165, 1.54) is 18.2 Å². The first kappa shape index (κ1) is 19.4. The maximum Gasteiger partial charge on any atom is 0.416 e. The molecule has 0 bridgehead atoms. The van der Waals surface area contributed by atoms with Gasteiger partial charge in [-0.25, -0.2) is 9.37 Å². The molecule has 0 spiro atoms. The lowest BCUT2D eigenvalue weighted by Crippen LogP contribution is -2.46. The minimum Gasteiger partial charge on any atom is -0.339 e. The van der Waals surface area contributed by atoms with Crippen molar-refractivity contribution >= 4 is 5.95 Å². The third-order valence-corrected chi connectivity index (χ3v) is 5.05. The summed E-state index contributed by atoms with van der Waals surface area (Å²) in [5.41, 5.74) is 0.452. The van der Waals surface area contributed by atoms with Crippen molar-refractivity contribution in [1.82, 2.24) is 14.5 Å². The predicted molar refractivity (Wildman–Crippen MR) is 102 cm³/mol. The van der Waals surface area contributed by atoms with E-state index in [2.05, 4.69) is 14.8 Å². The number of para-hydroxylation sites is 1. The minimum atomic E-state index is -4.33. The Hall–Kier alpha value is -2.87. The van der Waals surface area contributed by atoms with Crippen LogP contribution in [0, 0.1) is 5.82 Å². The zero-order valence-electron chi connectivity index (χ0n) is 15.6. The Labute approximate surface area is 166 Å². The zero-order valence-corrected chi connectivity index (χ0v) is 15.6. The fourth-order valence-electron chi connectivity index (χ4n) is 3.57. The van der Waals surface area contributed by atoms with Gasteiger partial charge in [-0.05, 0) is 23.8 Å². The molecule has 0 N–H and O–H groups in total. The van der Waals surface area contributed by atoms with Crippen molar-refractivity contribution in [1.29, 1.82) is 0 Å². The van der Waals surface area contributed by atoms with Crippen LogP contribution in [0.4, 0.5) is 23.5 Å². The molecular weight excluding hydrogens is 384 g/mol. The second-order valence-electron chi connectivity index (χ2n) is 7.01. The van der Waals surface area contributed by atoms with E-state index in [0.29, 0.717) is 49.9 Å². The topological polar surface area (TPSA) is 24.3 Å². The lowest BCUT2D eigenvalue weighted by atomic mass is 10.1. The predicted octanol–water partition coefficient (Wildman–Crippen LogP) is 4.35. The Morgan fingerprint density at radius 3 is 2.41 bits per heavy atom. The van der Waals surface area contributed by atoms with E-state index in [1.807, 2.05) is 0 Å². The van der Waals surface area contributed by atoms with Crippen LogP contribution in [0.25, 0.3) is 5.69 Å². The number of benzene rings is 2. The summed E-state index contributed by atoms with van der Waals surface area (Å²) in [6.45, 7) is 3.13. The Balaban J connectivity index is 1.43. The van der Waals surface area contributed by atoms with Gasteiger partial charge in [0.25, 0.3) is 0 Å². The maximum atomic E-state index is 14.2. The fraction of sp³-hybridized carbons (Fsp3) is 0.286. The van der Waals surface area contributed by atoms with E-state index in [9.17, 15) is 17.6 Å². The molecule has 0 amide bonds. The van der Waals surface area contributed by atoms with Crippen molar-refractivity contribution in [3.63, 3.8) is 0 Å². The monoisotopic (exact) mass is 404 g/mol. The van der Waals surface area contributed by atoms with Gasteiger partial charge in [-0.2, -0.15) is 13.2 Å². The molecule has 0 saturated carbocycles. The summed E-state index contributed by atoms with van der Waals surface area (Å²) in [6.07, 6.45) is -0.974. The van der Waals surface area contributed by atoms with Crippen LogP contribution in [0.15, 0.2) is 60.9 Å². The average Bonchev–Trinajstić information content (AvgIpc) is 3.18. The summed E-state index contributed by atoms with van der Waals surface area (Å²) < 4.78 is 54.6. The zero-order chi connectivity index (χ0) is 20.4. The van der Waals surface area contributed by atoms with Crippen molar-refractivity contribution in [2.45, 2.75) is 12.7 Å². The number of alkyl halides is 3. The molecule has 3 aromatic rings. The molecule has 2 heterocycles. The summed E-state index contributed by atoms with van der Waals surface area (Å²) in [4.78, 5) is 8.56. The van der Waals surface area contributed by atoms with Crippen molar-refractivity contribution in [2.75, 3.05) is 31.1 Å². The van der Waals surface area contributed by atoms with Gasteiger partial charge in [0, 0.05) is 45.1 Å². The number of anilines is 1. The van der Waals surface area contributed by atoms with E-state index in [0.717, 1.165) is 6.07 Å². The van der Waals surface area contributed by atoms with Gasteiger partial charge in [-0.15, -0.1) is 0 Å². The van der Waals surface area contributed by atoms with Crippen LogP contribution in [-0.4, -0.2) is 40.6 Å². The highest BCUT2D eigenvalue weighted by molar-refractivity contribution is 5.44. The van der Waals surface area contributed by atoms with E-state index in [4.69, 9.17) is 0 Å². The minimum absolute atomic E-state index is 0.324.